The van der Waals surface area contributed by atoms with E-state index in [1.165, 1.54) is 19.5 Å². The maximum absolute atomic E-state index is 14.3. The van der Waals surface area contributed by atoms with Gasteiger partial charge in [-0.1, -0.05) is 0 Å². The van der Waals surface area contributed by atoms with Gasteiger partial charge >= 0.3 is 0 Å². The Morgan fingerprint density at radius 2 is 2.09 bits per heavy atom. The van der Waals surface area contributed by atoms with Crippen molar-refractivity contribution >= 4 is 0 Å². The number of likely N-dealkylation sites (tertiary alicyclic amines) is 1. The molecule has 6 nitrogen and oxygen atoms in total. The van der Waals surface area contributed by atoms with Crippen LogP contribution in [0.15, 0.2) is 18.5 Å². The molecule has 7 heteroatoms. The first-order valence-electron chi connectivity index (χ1n) is 7.69. The van der Waals surface area contributed by atoms with Crippen molar-refractivity contribution in [1.29, 1.82) is 0 Å². The lowest BCUT2D eigenvalue weighted by atomic mass is 9.97. The predicted molar refractivity (Wildman–Crippen MR) is 83.1 cm³/mol. The Hall–Kier alpha value is -2.15. The van der Waals surface area contributed by atoms with E-state index in [2.05, 4.69) is 20.1 Å². The van der Waals surface area contributed by atoms with Crippen LogP contribution in [0.5, 0.6) is 11.5 Å². The first-order valence-corrected chi connectivity index (χ1v) is 7.69. The zero-order valence-corrected chi connectivity index (χ0v) is 13.4. The van der Waals surface area contributed by atoms with Crippen molar-refractivity contribution in [2.45, 2.75) is 25.3 Å². The smallest absolute Gasteiger partial charge is 0.163 e. The Kier molecular flexibility index (Phi) is 4.76. The van der Waals surface area contributed by atoms with E-state index >= 15 is 0 Å². The largest absolute Gasteiger partial charge is 0.493 e. The molecular weight excluding hydrogens is 299 g/mol. The van der Waals surface area contributed by atoms with Gasteiger partial charge in [-0.25, -0.2) is 9.37 Å². The number of hydrogen-bond donors (Lipinski definition) is 1. The molecule has 0 aliphatic carbocycles. The summed E-state index contributed by atoms with van der Waals surface area (Å²) in [5.41, 5.74) is 0.612. The van der Waals surface area contributed by atoms with Crippen LogP contribution in [0.25, 0.3) is 0 Å². The molecule has 1 aliphatic heterocycles. The van der Waals surface area contributed by atoms with Crippen molar-refractivity contribution in [3.63, 3.8) is 0 Å². The van der Waals surface area contributed by atoms with Crippen LogP contribution in [0.1, 0.15) is 30.1 Å². The summed E-state index contributed by atoms with van der Waals surface area (Å²) >= 11 is 0. The van der Waals surface area contributed by atoms with E-state index in [4.69, 9.17) is 9.47 Å². The second-order valence-corrected chi connectivity index (χ2v) is 5.74. The summed E-state index contributed by atoms with van der Waals surface area (Å²) in [7, 11) is 3.06. The van der Waals surface area contributed by atoms with Crippen LogP contribution in [0.4, 0.5) is 4.39 Å². The third-order valence-electron chi connectivity index (χ3n) is 4.27. The zero-order valence-electron chi connectivity index (χ0n) is 13.4. The Morgan fingerprint density at radius 3 is 2.78 bits per heavy atom. The number of rotatable bonds is 5. The monoisotopic (exact) mass is 320 g/mol. The lowest BCUT2D eigenvalue weighted by molar-refractivity contribution is 0.194. The Balaban J connectivity index is 1.73. The van der Waals surface area contributed by atoms with Crippen LogP contribution < -0.4 is 9.47 Å². The topological polar surface area (TPSA) is 63.3 Å². The van der Waals surface area contributed by atoms with Gasteiger partial charge in [0, 0.05) is 30.6 Å². The number of aromatic amines is 1. The van der Waals surface area contributed by atoms with Crippen LogP contribution in [-0.4, -0.2) is 47.4 Å². The molecule has 0 spiro atoms. The van der Waals surface area contributed by atoms with Gasteiger partial charge in [-0.2, -0.15) is 5.10 Å². The van der Waals surface area contributed by atoms with E-state index in [0.717, 1.165) is 31.8 Å². The summed E-state index contributed by atoms with van der Waals surface area (Å²) in [4.78, 5) is 6.48. The van der Waals surface area contributed by atoms with Crippen molar-refractivity contribution in [2.75, 3.05) is 27.3 Å². The Bertz CT molecular complexity index is 648. The van der Waals surface area contributed by atoms with Gasteiger partial charge in [0.2, 0.25) is 0 Å². The number of methoxy groups -OCH3 is 2. The van der Waals surface area contributed by atoms with Crippen LogP contribution >= 0.6 is 0 Å². The van der Waals surface area contributed by atoms with Crippen molar-refractivity contribution < 1.29 is 13.9 Å². The molecule has 1 N–H and O–H groups in total. The number of nitrogens with zero attached hydrogens (tertiary/aromatic N) is 3. The lowest BCUT2D eigenvalue weighted by Gasteiger charge is -2.31. The summed E-state index contributed by atoms with van der Waals surface area (Å²) in [5.74, 6) is 1.90. The quantitative estimate of drug-likeness (QED) is 0.916. The molecule has 1 aromatic heterocycles. The molecule has 0 radical (unpaired) electrons. The van der Waals surface area contributed by atoms with Gasteiger partial charge in [-0.3, -0.25) is 10.00 Å². The summed E-state index contributed by atoms with van der Waals surface area (Å²) in [5, 5.41) is 6.85. The van der Waals surface area contributed by atoms with E-state index in [9.17, 15) is 4.39 Å². The van der Waals surface area contributed by atoms with Crippen LogP contribution in [-0.2, 0) is 6.54 Å². The molecule has 2 heterocycles. The summed E-state index contributed by atoms with van der Waals surface area (Å²) in [6, 6.07) is 3.10. The number of halogens is 1. The molecule has 1 fully saturated rings. The lowest BCUT2D eigenvalue weighted by Crippen LogP contribution is -2.34. The molecule has 1 aromatic carbocycles. The number of H-pyrrole nitrogens is 1. The number of piperidine rings is 1. The third-order valence-corrected chi connectivity index (χ3v) is 4.27. The van der Waals surface area contributed by atoms with Gasteiger partial charge in [-0.15, -0.1) is 0 Å². The van der Waals surface area contributed by atoms with Gasteiger partial charge in [-0.05, 0) is 25.5 Å². The number of hydrogen-bond acceptors (Lipinski definition) is 5. The van der Waals surface area contributed by atoms with E-state index < -0.39 is 0 Å². The standard InChI is InChI=1S/C16H21FN4O2/c1-22-14-6-12(13(17)7-15(14)23-2)9-21-5-3-4-11(8-21)16-18-10-19-20-16/h6-7,10-11H,3-5,8-9H2,1-2H3,(H,18,19,20)/t11-/m1/s1. The number of nitrogens with one attached hydrogen (secondary N) is 1. The molecule has 1 atom stereocenters. The molecule has 0 unspecified atom stereocenters. The maximum Gasteiger partial charge on any atom is 0.163 e. The highest BCUT2D eigenvalue weighted by Crippen LogP contribution is 2.31. The summed E-state index contributed by atoms with van der Waals surface area (Å²) < 4.78 is 24.7. The second kappa shape index (κ2) is 6.95. The van der Waals surface area contributed by atoms with Crippen molar-refractivity contribution in [1.82, 2.24) is 20.1 Å². The Labute approximate surface area is 134 Å². The molecule has 0 bridgehead atoms. The van der Waals surface area contributed by atoms with E-state index in [1.54, 1.807) is 13.2 Å². The average Bonchev–Trinajstić information content (AvgIpc) is 3.11. The highest BCUT2D eigenvalue weighted by Gasteiger charge is 2.24. The molecule has 1 saturated heterocycles. The second-order valence-electron chi connectivity index (χ2n) is 5.74. The van der Waals surface area contributed by atoms with Gasteiger partial charge in [0.25, 0.3) is 0 Å². The molecular formula is C16H21FN4O2. The molecule has 0 amide bonds. The minimum Gasteiger partial charge on any atom is -0.493 e. The summed E-state index contributed by atoms with van der Waals surface area (Å²) in [6.45, 7) is 2.32. The van der Waals surface area contributed by atoms with Gasteiger partial charge in [0.15, 0.2) is 11.5 Å². The number of benzene rings is 1. The molecule has 0 saturated carbocycles. The van der Waals surface area contributed by atoms with Crippen molar-refractivity contribution in [2.24, 2.45) is 0 Å². The fourth-order valence-corrected chi connectivity index (χ4v) is 3.09. The van der Waals surface area contributed by atoms with Crippen LogP contribution in [0.2, 0.25) is 0 Å². The normalized spacial score (nSPS) is 18.8. The molecule has 2 aromatic rings. The van der Waals surface area contributed by atoms with E-state index in [1.807, 2.05) is 0 Å². The van der Waals surface area contributed by atoms with Crippen molar-refractivity contribution in [3.05, 3.63) is 35.7 Å². The van der Waals surface area contributed by atoms with E-state index in [-0.39, 0.29) is 5.82 Å². The average molecular weight is 320 g/mol. The zero-order chi connectivity index (χ0) is 16.2. The van der Waals surface area contributed by atoms with Gasteiger partial charge in [0.1, 0.15) is 18.0 Å². The maximum atomic E-state index is 14.3. The Morgan fingerprint density at radius 1 is 1.30 bits per heavy atom. The first-order chi connectivity index (χ1) is 11.2. The SMILES string of the molecule is COc1cc(F)c(CN2CCC[C@@H](c3ncn[nH]3)C2)cc1OC. The highest BCUT2D eigenvalue weighted by molar-refractivity contribution is 5.43. The summed E-state index contributed by atoms with van der Waals surface area (Å²) in [6.07, 6.45) is 3.66. The molecule has 124 valence electrons. The fourth-order valence-electron chi connectivity index (χ4n) is 3.09. The first kappa shape index (κ1) is 15.7. The van der Waals surface area contributed by atoms with Gasteiger partial charge < -0.3 is 9.47 Å². The predicted octanol–water partition coefficient (Wildman–Crippen LogP) is 2.34. The molecule has 3 rings (SSSR count). The van der Waals surface area contributed by atoms with E-state index in [0.29, 0.717) is 29.5 Å². The van der Waals surface area contributed by atoms with Crippen LogP contribution in [0, 0.1) is 5.82 Å². The van der Waals surface area contributed by atoms with Gasteiger partial charge in [0.05, 0.1) is 14.2 Å². The van der Waals surface area contributed by atoms with Crippen molar-refractivity contribution in [3.8, 4) is 11.5 Å². The molecule has 1 aliphatic rings. The number of aromatic nitrogens is 3. The molecule has 23 heavy (non-hydrogen) atoms. The number of ether oxygens (including phenoxy) is 2. The highest BCUT2D eigenvalue weighted by atomic mass is 19.1. The van der Waals surface area contributed by atoms with Crippen LogP contribution in [0.3, 0.4) is 0 Å². The minimum absolute atomic E-state index is 0.274. The third kappa shape index (κ3) is 3.44. The fraction of sp³-hybridized carbons (Fsp3) is 0.500. The minimum atomic E-state index is -0.274.